The fourth-order valence-electron chi connectivity index (χ4n) is 2.60. The van der Waals surface area contributed by atoms with E-state index in [4.69, 9.17) is 5.11 Å². The molecule has 1 aliphatic rings. The molecule has 21 heavy (non-hydrogen) atoms. The number of sulfone groups is 1. The molecule has 0 aliphatic carbocycles. The molecule has 2 unspecified atom stereocenters. The van der Waals surface area contributed by atoms with Crippen LogP contribution in [0.1, 0.15) is 18.4 Å². The van der Waals surface area contributed by atoms with Crippen LogP contribution in [0.3, 0.4) is 0 Å². The Balaban J connectivity index is 2.22. The van der Waals surface area contributed by atoms with Gasteiger partial charge in [-0.25, -0.2) is 13.2 Å². The molecule has 1 aromatic rings. The Labute approximate surface area is 123 Å². The van der Waals surface area contributed by atoms with Gasteiger partial charge in [-0.2, -0.15) is 0 Å². The molecule has 0 aromatic heterocycles. The van der Waals surface area contributed by atoms with E-state index in [1.54, 1.807) is 12.1 Å². The Morgan fingerprint density at radius 2 is 1.95 bits per heavy atom. The van der Waals surface area contributed by atoms with Crippen molar-refractivity contribution >= 4 is 22.2 Å². The molecule has 2 atom stereocenters. The Bertz CT molecular complexity index is 638. The maximum absolute atomic E-state index is 12.4. The minimum Gasteiger partial charge on any atom is -0.465 e. The summed E-state index contributed by atoms with van der Waals surface area (Å²) in [5.41, 5.74) is 0.947. The smallest absolute Gasteiger partial charge is 0.408 e. The fourth-order valence-corrected chi connectivity index (χ4v) is 4.18. The number of carbonyl (C=O) groups is 2. The van der Waals surface area contributed by atoms with Crippen molar-refractivity contribution in [1.82, 2.24) is 4.90 Å². The summed E-state index contributed by atoms with van der Waals surface area (Å²) in [5.74, 6) is -0.299. The molecule has 0 bridgehead atoms. The molecule has 1 heterocycles. The highest BCUT2D eigenvalue weighted by atomic mass is 32.2. The topological polar surface area (TPSA) is 91.8 Å². The number of likely N-dealkylation sites (tertiary alicyclic amines) is 1. The molecule has 1 amide bonds. The number of hydrogen-bond donors (Lipinski definition) is 1. The molecular formula is C14H17NO5S. The van der Waals surface area contributed by atoms with Crippen molar-refractivity contribution in [2.24, 2.45) is 0 Å². The van der Waals surface area contributed by atoms with Gasteiger partial charge in [0.25, 0.3) is 0 Å². The van der Waals surface area contributed by atoms with E-state index in [0.29, 0.717) is 19.1 Å². The van der Waals surface area contributed by atoms with Gasteiger partial charge < -0.3 is 9.90 Å². The largest absolute Gasteiger partial charge is 0.465 e. The van der Waals surface area contributed by atoms with Crippen LogP contribution in [-0.2, 0) is 14.6 Å². The number of amides is 1. The second kappa shape index (κ2) is 5.85. The summed E-state index contributed by atoms with van der Waals surface area (Å²) in [6.07, 6.45) is 0.0470. The Morgan fingerprint density at radius 3 is 2.48 bits per heavy atom. The fraction of sp³-hybridized carbons (Fsp3) is 0.429. The van der Waals surface area contributed by atoms with Gasteiger partial charge in [0.1, 0.15) is 6.29 Å². The van der Waals surface area contributed by atoms with Gasteiger partial charge in [0, 0.05) is 0 Å². The predicted molar refractivity (Wildman–Crippen MR) is 76.0 cm³/mol. The van der Waals surface area contributed by atoms with Crippen molar-refractivity contribution in [3.05, 3.63) is 29.8 Å². The van der Waals surface area contributed by atoms with Gasteiger partial charge in [0.2, 0.25) is 0 Å². The third kappa shape index (κ3) is 3.24. The number of aldehydes is 1. The van der Waals surface area contributed by atoms with E-state index >= 15 is 0 Å². The minimum absolute atomic E-state index is 0.174. The van der Waals surface area contributed by atoms with Crippen LogP contribution in [0.15, 0.2) is 29.2 Å². The maximum atomic E-state index is 12.4. The van der Waals surface area contributed by atoms with Gasteiger partial charge >= 0.3 is 6.09 Å². The first-order valence-corrected chi connectivity index (χ1v) is 8.26. The monoisotopic (exact) mass is 311 g/mol. The summed E-state index contributed by atoms with van der Waals surface area (Å²) in [6, 6.07) is 5.00. The Hall–Kier alpha value is -1.89. The second-order valence-electron chi connectivity index (χ2n) is 5.22. The molecule has 6 nitrogen and oxygen atoms in total. The van der Waals surface area contributed by atoms with Crippen LogP contribution in [0.25, 0.3) is 0 Å². The number of hydrogen-bond acceptors (Lipinski definition) is 4. The summed E-state index contributed by atoms with van der Waals surface area (Å²) in [6.45, 7) is 1.86. The molecule has 1 fully saturated rings. The highest BCUT2D eigenvalue weighted by molar-refractivity contribution is 7.91. The third-order valence-corrected chi connectivity index (χ3v) is 5.53. The summed E-state index contributed by atoms with van der Waals surface area (Å²) in [7, 11) is -3.58. The van der Waals surface area contributed by atoms with Gasteiger partial charge in [0.15, 0.2) is 9.84 Å². The zero-order valence-electron chi connectivity index (χ0n) is 11.6. The second-order valence-corrected chi connectivity index (χ2v) is 7.25. The lowest BCUT2D eigenvalue weighted by Gasteiger charge is -2.24. The zero-order valence-corrected chi connectivity index (χ0v) is 12.4. The first-order valence-electron chi connectivity index (χ1n) is 6.61. The van der Waals surface area contributed by atoms with Gasteiger partial charge in [-0.3, -0.25) is 4.90 Å². The lowest BCUT2D eigenvalue weighted by molar-refractivity contribution is -0.111. The highest BCUT2D eigenvalue weighted by Crippen LogP contribution is 2.26. The van der Waals surface area contributed by atoms with Crippen LogP contribution >= 0.6 is 0 Å². The van der Waals surface area contributed by atoms with Gasteiger partial charge in [-0.1, -0.05) is 17.7 Å². The van der Waals surface area contributed by atoms with E-state index in [0.717, 1.165) is 10.5 Å². The molecule has 0 radical (unpaired) electrons. The van der Waals surface area contributed by atoms with Gasteiger partial charge in [0.05, 0.1) is 22.7 Å². The van der Waals surface area contributed by atoms with Crippen LogP contribution in [0.2, 0.25) is 0 Å². The van der Waals surface area contributed by atoms with Crippen molar-refractivity contribution in [2.45, 2.75) is 36.7 Å². The van der Waals surface area contributed by atoms with Crippen molar-refractivity contribution in [3.63, 3.8) is 0 Å². The normalized spacial score (nSPS) is 22.2. The standard InChI is InChI=1S/C14H17NO5S/c1-10-2-6-13(7-3-10)21(19,20)9-12-5-4-11(8-16)15(12)14(17)18/h2-3,6-8,11-12H,4-5,9H2,1H3,(H,17,18). The number of rotatable bonds is 4. The maximum Gasteiger partial charge on any atom is 0.408 e. The predicted octanol–water partition coefficient (Wildman–Crippen LogP) is 1.48. The quantitative estimate of drug-likeness (QED) is 0.850. The van der Waals surface area contributed by atoms with E-state index in [9.17, 15) is 18.0 Å². The number of carbonyl (C=O) groups excluding carboxylic acids is 1. The number of benzene rings is 1. The molecule has 1 saturated heterocycles. The minimum atomic E-state index is -3.58. The Kier molecular flexibility index (Phi) is 4.32. The van der Waals surface area contributed by atoms with E-state index in [1.807, 2.05) is 6.92 Å². The number of nitrogens with zero attached hydrogens (tertiary/aromatic N) is 1. The highest BCUT2D eigenvalue weighted by Gasteiger charge is 2.39. The molecule has 0 saturated carbocycles. The Morgan fingerprint density at radius 1 is 1.33 bits per heavy atom. The molecule has 1 N–H and O–H groups in total. The number of aryl methyl sites for hydroxylation is 1. The first kappa shape index (κ1) is 15.5. The molecule has 0 spiro atoms. The first-order chi connectivity index (χ1) is 9.85. The van der Waals surface area contributed by atoms with Crippen LogP contribution in [-0.4, -0.2) is 48.6 Å². The number of carboxylic acid groups (broad SMARTS) is 1. The molecule has 2 rings (SSSR count). The lowest BCUT2D eigenvalue weighted by atomic mass is 10.2. The van der Waals surface area contributed by atoms with E-state index in [2.05, 4.69) is 0 Å². The summed E-state index contributed by atoms with van der Waals surface area (Å²) < 4.78 is 24.7. The molecule has 114 valence electrons. The summed E-state index contributed by atoms with van der Waals surface area (Å²) in [4.78, 5) is 23.2. The van der Waals surface area contributed by atoms with Gasteiger partial charge in [-0.15, -0.1) is 0 Å². The van der Waals surface area contributed by atoms with E-state index in [-0.39, 0.29) is 10.6 Å². The van der Waals surface area contributed by atoms with Crippen LogP contribution < -0.4 is 0 Å². The van der Waals surface area contributed by atoms with Crippen LogP contribution in [0.4, 0.5) is 4.79 Å². The SMILES string of the molecule is Cc1ccc(S(=O)(=O)CC2CCC(C=O)N2C(=O)O)cc1. The molecule has 1 aromatic carbocycles. The molecular weight excluding hydrogens is 294 g/mol. The summed E-state index contributed by atoms with van der Waals surface area (Å²) >= 11 is 0. The van der Waals surface area contributed by atoms with Crippen LogP contribution in [0.5, 0.6) is 0 Å². The van der Waals surface area contributed by atoms with E-state index < -0.39 is 28.0 Å². The zero-order chi connectivity index (χ0) is 15.6. The van der Waals surface area contributed by atoms with Gasteiger partial charge in [-0.05, 0) is 31.9 Å². The lowest BCUT2D eigenvalue weighted by Crippen LogP contribution is -2.44. The van der Waals surface area contributed by atoms with Crippen molar-refractivity contribution < 1.29 is 23.1 Å². The average molecular weight is 311 g/mol. The summed E-state index contributed by atoms with van der Waals surface area (Å²) in [5, 5.41) is 9.16. The van der Waals surface area contributed by atoms with Crippen molar-refractivity contribution in [1.29, 1.82) is 0 Å². The van der Waals surface area contributed by atoms with Crippen molar-refractivity contribution in [3.8, 4) is 0 Å². The van der Waals surface area contributed by atoms with Crippen LogP contribution in [0, 0.1) is 6.92 Å². The molecule has 7 heteroatoms. The third-order valence-electron chi connectivity index (χ3n) is 3.72. The average Bonchev–Trinajstić information content (AvgIpc) is 2.81. The van der Waals surface area contributed by atoms with E-state index in [1.165, 1.54) is 12.1 Å². The molecule has 1 aliphatic heterocycles. The van der Waals surface area contributed by atoms with Crippen molar-refractivity contribution in [2.75, 3.05) is 5.75 Å².